The Morgan fingerprint density at radius 3 is 2.47 bits per heavy atom. The minimum Gasteiger partial charge on any atom is -0.334 e. The van der Waals surface area contributed by atoms with Crippen molar-refractivity contribution in [2.24, 2.45) is 5.73 Å². The molecule has 1 aromatic carbocycles. The van der Waals surface area contributed by atoms with E-state index in [1.807, 2.05) is 30.3 Å². The van der Waals surface area contributed by atoms with Crippen molar-refractivity contribution in [3.05, 3.63) is 35.9 Å². The topological polar surface area (TPSA) is 67.1 Å². The summed E-state index contributed by atoms with van der Waals surface area (Å²) in [5.74, 6) is -3.07. The van der Waals surface area contributed by atoms with Crippen LogP contribution in [0.25, 0.3) is 0 Å². The van der Waals surface area contributed by atoms with Crippen LogP contribution in [0.4, 0.5) is 13.6 Å². The molecule has 0 aliphatic carbocycles. The third kappa shape index (κ3) is 5.26. The number of hydrogen-bond acceptors (Lipinski definition) is 2. The lowest BCUT2D eigenvalue weighted by atomic mass is 10.2. The van der Waals surface area contributed by atoms with Crippen LogP contribution in [0.5, 0.6) is 0 Å². The average molecular weight is 243 g/mol. The molecule has 0 aliphatic heterocycles. The quantitative estimate of drug-likeness (QED) is 0.724. The van der Waals surface area contributed by atoms with E-state index in [4.69, 9.17) is 5.73 Å². The summed E-state index contributed by atoms with van der Waals surface area (Å²) in [7, 11) is 0. The lowest BCUT2D eigenvalue weighted by Crippen LogP contribution is -2.45. The first kappa shape index (κ1) is 13.4. The van der Waals surface area contributed by atoms with E-state index >= 15 is 0 Å². The van der Waals surface area contributed by atoms with Gasteiger partial charge in [-0.25, -0.2) is 13.6 Å². The summed E-state index contributed by atoms with van der Waals surface area (Å²) >= 11 is 0. The molecule has 0 saturated carbocycles. The van der Waals surface area contributed by atoms with E-state index in [1.165, 1.54) is 0 Å². The summed E-state index contributed by atoms with van der Waals surface area (Å²) < 4.78 is 25.4. The summed E-state index contributed by atoms with van der Waals surface area (Å²) in [6, 6.07) is 8.53. The molecule has 0 fully saturated rings. The Morgan fingerprint density at radius 2 is 1.88 bits per heavy atom. The Labute approximate surface area is 98.2 Å². The van der Waals surface area contributed by atoms with E-state index in [2.05, 4.69) is 10.6 Å². The summed E-state index contributed by atoms with van der Waals surface area (Å²) in [6.45, 7) is -1.25. The van der Waals surface area contributed by atoms with Gasteiger partial charge in [0.05, 0.1) is 13.1 Å². The first-order valence-electron chi connectivity index (χ1n) is 5.17. The van der Waals surface area contributed by atoms with E-state index in [0.717, 1.165) is 5.56 Å². The molecule has 4 nitrogen and oxygen atoms in total. The average Bonchev–Trinajstić information content (AvgIpc) is 2.35. The van der Waals surface area contributed by atoms with Gasteiger partial charge in [0.1, 0.15) is 0 Å². The van der Waals surface area contributed by atoms with Crippen molar-refractivity contribution < 1.29 is 13.6 Å². The predicted molar refractivity (Wildman–Crippen MR) is 60.7 cm³/mol. The number of alkyl halides is 2. The molecule has 2 amide bonds. The van der Waals surface area contributed by atoms with E-state index in [1.54, 1.807) is 0 Å². The maximum atomic E-state index is 12.7. The SMILES string of the molecule is NCC(F)(F)CNC(=O)NCc1ccccc1. The number of amides is 2. The predicted octanol–water partition coefficient (Wildman–Crippen LogP) is 1.08. The molecular weight excluding hydrogens is 228 g/mol. The van der Waals surface area contributed by atoms with Crippen LogP contribution in [0.3, 0.4) is 0 Å². The Morgan fingerprint density at radius 1 is 1.24 bits per heavy atom. The van der Waals surface area contributed by atoms with Gasteiger partial charge in [-0.2, -0.15) is 0 Å². The van der Waals surface area contributed by atoms with Crippen LogP contribution < -0.4 is 16.4 Å². The van der Waals surface area contributed by atoms with Gasteiger partial charge in [0.25, 0.3) is 5.92 Å². The van der Waals surface area contributed by atoms with Crippen LogP contribution in [0.15, 0.2) is 30.3 Å². The lowest BCUT2D eigenvalue weighted by molar-refractivity contribution is 0.0144. The van der Waals surface area contributed by atoms with Crippen molar-refractivity contribution in [2.45, 2.75) is 12.5 Å². The Bertz CT molecular complexity index is 357. The fourth-order valence-electron chi connectivity index (χ4n) is 1.12. The highest BCUT2D eigenvalue weighted by Crippen LogP contribution is 2.08. The third-order valence-corrected chi connectivity index (χ3v) is 2.10. The van der Waals surface area contributed by atoms with Crippen LogP contribution in [0.1, 0.15) is 5.56 Å². The number of carbonyl (C=O) groups is 1. The number of benzene rings is 1. The van der Waals surface area contributed by atoms with Crippen molar-refractivity contribution in [2.75, 3.05) is 13.1 Å². The normalized spacial score (nSPS) is 11.0. The summed E-state index contributed by atoms with van der Waals surface area (Å²) in [5.41, 5.74) is 5.73. The van der Waals surface area contributed by atoms with Crippen molar-refractivity contribution in [3.8, 4) is 0 Å². The standard InChI is InChI=1S/C11H15F2N3O/c12-11(13,7-14)8-16-10(17)15-6-9-4-2-1-3-5-9/h1-5H,6-8,14H2,(H2,15,16,17). The van der Waals surface area contributed by atoms with Crippen molar-refractivity contribution in [1.29, 1.82) is 0 Å². The molecule has 0 aromatic heterocycles. The van der Waals surface area contributed by atoms with Crippen molar-refractivity contribution in [3.63, 3.8) is 0 Å². The van der Waals surface area contributed by atoms with Gasteiger partial charge in [-0.05, 0) is 5.56 Å². The molecule has 0 heterocycles. The zero-order chi connectivity index (χ0) is 12.7. The van der Waals surface area contributed by atoms with Gasteiger partial charge < -0.3 is 16.4 Å². The number of rotatable bonds is 5. The first-order chi connectivity index (χ1) is 8.03. The van der Waals surface area contributed by atoms with Crippen LogP contribution in [0.2, 0.25) is 0 Å². The molecule has 1 rings (SSSR count). The van der Waals surface area contributed by atoms with E-state index in [-0.39, 0.29) is 0 Å². The second kappa shape index (κ2) is 6.15. The highest BCUT2D eigenvalue weighted by Gasteiger charge is 2.26. The third-order valence-electron chi connectivity index (χ3n) is 2.10. The van der Waals surface area contributed by atoms with Crippen LogP contribution in [-0.2, 0) is 6.54 Å². The Kier molecular flexibility index (Phi) is 4.84. The van der Waals surface area contributed by atoms with E-state index in [9.17, 15) is 13.6 Å². The second-order valence-corrected chi connectivity index (χ2v) is 3.58. The highest BCUT2D eigenvalue weighted by atomic mass is 19.3. The molecule has 0 spiro atoms. The Hall–Kier alpha value is -1.69. The molecular formula is C11H15F2N3O. The molecule has 0 radical (unpaired) electrons. The molecule has 0 saturated heterocycles. The smallest absolute Gasteiger partial charge is 0.315 e. The van der Waals surface area contributed by atoms with Gasteiger partial charge in [0.15, 0.2) is 0 Å². The zero-order valence-corrected chi connectivity index (χ0v) is 9.25. The largest absolute Gasteiger partial charge is 0.334 e. The molecule has 6 heteroatoms. The maximum Gasteiger partial charge on any atom is 0.315 e. The molecule has 0 aliphatic rings. The summed E-state index contributed by atoms with van der Waals surface area (Å²) in [5, 5.41) is 4.54. The number of hydrogen-bond donors (Lipinski definition) is 3. The van der Waals surface area contributed by atoms with E-state index < -0.39 is 25.0 Å². The van der Waals surface area contributed by atoms with Gasteiger partial charge in [-0.15, -0.1) is 0 Å². The van der Waals surface area contributed by atoms with Crippen molar-refractivity contribution in [1.82, 2.24) is 10.6 Å². The van der Waals surface area contributed by atoms with Crippen LogP contribution in [0, 0.1) is 0 Å². The number of nitrogens with one attached hydrogen (secondary N) is 2. The second-order valence-electron chi connectivity index (χ2n) is 3.58. The van der Waals surface area contributed by atoms with Gasteiger partial charge in [-0.1, -0.05) is 30.3 Å². The lowest BCUT2D eigenvalue weighted by Gasteiger charge is -2.14. The van der Waals surface area contributed by atoms with Crippen molar-refractivity contribution >= 4 is 6.03 Å². The monoisotopic (exact) mass is 243 g/mol. The molecule has 4 N–H and O–H groups in total. The fraction of sp³-hybridized carbons (Fsp3) is 0.364. The van der Waals surface area contributed by atoms with E-state index in [0.29, 0.717) is 6.54 Å². The molecule has 0 unspecified atom stereocenters. The summed E-state index contributed by atoms with van der Waals surface area (Å²) in [4.78, 5) is 11.2. The van der Waals surface area contributed by atoms with Gasteiger partial charge >= 0.3 is 6.03 Å². The van der Waals surface area contributed by atoms with Gasteiger partial charge in [-0.3, -0.25) is 0 Å². The minimum absolute atomic E-state index is 0.293. The highest BCUT2D eigenvalue weighted by molar-refractivity contribution is 5.73. The van der Waals surface area contributed by atoms with Crippen LogP contribution in [-0.4, -0.2) is 25.0 Å². The number of halogens is 2. The number of nitrogens with two attached hydrogens (primary N) is 1. The molecule has 0 atom stereocenters. The first-order valence-corrected chi connectivity index (χ1v) is 5.17. The molecule has 94 valence electrons. The molecule has 0 bridgehead atoms. The van der Waals surface area contributed by atoms with Crippen LogP contribution >= 0.6 is 0 Å². The maximum absolute atomic E-state index is 12.7. The number of carbonyl (C=O) groups excluding carboxylic acids is 1. The van der Waals surface area contributed by atoms with Gasteiger partial charge in [0, 0.05) is 6.54 Å². The fourth-order valence-corrected chi connectivity index (χ4v) is 1.12. The minimum atomic E-state index is -3.07. The van der Waals surface area contributed by atoms with Gasteiger partial charge in [0.2, 0.25) is 0 Å². The summed E-state index contributed by atoms with van der Waals surface area (Å²) in [6.07, 6.45) is 0. The Balaban J connectivity index is 2.27. The molecule has 1 aromatic rings. The zero-order valence-electron chi connectivity index (χ0n) is 9.25. The molecule has 17 heavy (non-hydrogen) atoms. The number of urea groups is 1.